The number of methoxy groups -OCH3 is 1. The Hall–Kier alpha value is -1.42. The summed E-state index contributed by atoms with van der Waals surface area (Å²) in [7, 11) is 1.42. The summed E-state index contributed by atoms with van der Waals surface area (Å²) in [6.45, 7) is 0.414. The molecule has 2 rings (SSSR count). The largest absolute Gasteiger partial charge is 0.494 e. The fourth-order valence-corrected chi connectivity index (χ4v) is 1.78. The van der Waals surface area contributed by atoms with Gasteiger partial charge in [0.1, 0.15) is 5.78 Å². The monoisotopic (exact) mass is 224 g/mol. The number of benzene rings is 1. The Bertz CT molecular complexity index is 403. The molecule has 1 fully saturated rings. The summed E-state index contributed by atoms with van der Waals surface area (Å²) >= 11 is 0. The molecule has 1 aromatic rings. The van der Waals surface area contributed by atoms with E-state index in [0.29, 0.717) is 25.0 Å². The van der Waals surface area contributed by atoms with Gasteiger partial charge in [-0.1, -0.05) is 6.07 Å². The van der Waals surface area contributed by atoms with Crippen molar-refractivity contribution in [2.75, 3.05) is 13.7 Å². The molecule has 1 heterocycles. The third kappa shape index (κ3) is 2.22. The van der Waals surface area contributed by atoms with Crippen LogP contribution in [0.5, 0.6) is 5.75 Å². The molecule has 86 valence electrons. The van der Waals surface area contributed by atoms with Crippen LogP contribution in [-0.2, 0) is 9.53 Å². The lowest BCUT2D eigenvalue weighted by Crippen LogP contribution is -2.19. The fraction of sp³-hybridized carbons (Fsp3) is 0.417. The normalized spacial score (nSPS) is 20.9. The number of carbonyl (C=O) groups is 1. The predicted octanol–water partition coefficient (Wildman–Crippen LogP) is 2.25. The number of carbonyl (C=O) groups excluding carboxylic acids is 1. The molecular formula is C12H13FO3. The van der Waals surface area contributed by atoms with Gasteiger partial charge in [0.2, 0.25) is 0 Å². The van der Waals surface area contributed by atoms with E-state index in [1.807, 2.05) is 0 Å². The third-order valence-electron chi connectivity index (χ3n) is 2.66. The van der Waals surface area contributed by atoms with Gasteiger partial charge in [0.05, 0.1) is 19.8 Å². The second-order valence-electron chi connectivity index (χ2n) is 3.75. The lowest BCUT2D eigenvalue weighted by molar-refractivity contribution is -0.128. The standard InChI is InChI=1S/C12H13FO3/c1-15-11-3-2-8(6-10(11)13)12-7-9(14)4-5-16-12/h2-3,6,12H,4-5,7H2,1H3. The Morgan fingerprint density at radius 1 is 1.50 bits per heavy atom. The Balaban J connectivity index is 2.20. The van der Waals surface area contributed by atoms with E-state index in [9.17, 15) is 9.18 Å². The number of hydrogen-bond acceptors (Lipinski definition) is 3. The molecule has 1 aliphatic rings. The molecule has 0 spiro atoms. The van der Waals surface area contributed by atoms with Crippen molar-refractivity contribution in [3.05, 3.63) is 29.6 Å². The van der Waals surface area contributed by atoms with Gasteiger partial charge in [-0.15, -0.1) is 0 Å². The minimum Gasteiger partial charge on any atom is -0.494 e. The first-order valence-electron chi connectivity index (χ1n) is 5.17. The van der Waals surface area contributed by atoms with Crippen molar-refractivity contribution in [3.8, 4) is 5.75 Å². The van der Waals surface area contributed by atoms with Gasteiger partial charge in [-0.3, -0.25) is 4.79 Å². The maximum absolute atomic E-state index is 13.4. The molecule has 0 bridgehead atoms. The van der Waals surface area contributed by atoms with Gasteiger partial charge in [0.25, 0.3) is 0 Å². The molecule has 4 heteroatoms. The number of ether oxygens (including phenoxy) is 2. The van der Waals surface area contributed by atoms with Crippen LogP contribution in [0.3, 0.4) is 0 Å². The van der Waals surface area contributed by atoms with Gasteiger partial charge in [0, 0.05) is 12.8 Å². The first kappa shape index (κ1) is 11.1. The molecule has 16 heavy (non-hydrogen) atoms. The summed E-state index contributed by atoms with van der Waals surface area (Å²) in [4.78, 5) is 11.3. The van der Waals surface area contributed by atoms with E-state index in [0.717, 1.165) is 0 Å². The highest BCUT2D eigenvalue weighted by atomic mass is 19.1. The lowest BCUT2D eigenvalue weighted by Gasteiger charge is -2.22. The van der Waals surface area contributed by atoms with Crippen LogP contribution < -0.4 is 4.74 Å². The fourth-order valence-electron chi connectivity index (χ4n) is 1.78. The SMILES string of the molecule is COc1ccc(C2CC(=O)CCO2)cc1F. The van der Waals surface area contributed by atoms with E-state index < -0.39 is 5.82 Å². The Morgan fingerprint density at radius 3 is 2.94 bits per heavy atom. The highest BCUT2D eigenvalue weighted by Crippen LogP contribution is 2.29. The highest BCUT2D eigenvalue weighted by molar-refractivity contribution is 5.79. The molecule has 1 aliphatic heterocycles. The molecule has 3 nitrogen and oxygen atoms in total. The van der Waals surface area contributed by atoms with Crippen molar-refractivity contribution in [2.45, 2.75) is 18.9 Å². The average molecular weight is 224 g/mol. The van der Waals surface area contributed by atoms with Crippen molar-refractivity contribution < 1.29 is 18.7 Å². The summed E-state index contributed by atoms with van der Waals surface area (Å²) < 4.78 is 23.7. The van der Waals surface area contributed by atoms with E-state index in [2.05, 4.69) is 0 Å². The molecule has 0 radical (unpaired) electrons. The maximum Gasteiger partial charge on any atom is 0.165 e. The van der Waals surface area contributed by atoms with E-state index >= 15 is 0 Å². The first-order chi connectivity index (χ1) is 7.70. The zero-order valence-electron chi connectivity index (χ0n) is 9.03. The van der Waals surface area contributed by atoms with Gasteiger partial charge < -0.3 is 9.47 Å². The highest BCUT2D eigenvalue weighted by Gasteiger charge is 2.22. The molecule has 1 atom stereocenters. The second kappa shape index (κ2) is 4.61. The third-order valence-corrected chi connectivity index (χ3v) is 2.66. The van der Waals surface area contributed by atoms with Crippen molar-refractivity contribution in [1.29, 1.82) is 0 Å². The number of Topliss-reactive ketones (excluding diaryl/α,β-unsaturated/α-hetero) is 1. The van der Waals surface area contributed by atoms with E-state index in [-0.39, 0.29) is 17.6 Å². The molecule has 0 N–H and O–H groups in total. The molecule has 0 amide bonds. The summed E-state index contributed by atoms with van der Waals surface area (Å²) in [6.07, 6.45) is 0.461. The van der Waals surface area contributed by atoms with E-state index in [1.54, 1.807) is 12.1 Å². The Kier molecular flexibility index (Phi) is 3.19. The number of hydrogen-bond donors (Lipinski definition) is 0. The Morgan fingerprint density at radius 2 is 2.31 bits per heavy atom. The van der Waals surface area contributed by atoms with Crippen molar-refractivity contribution in [2.24, 2.45) is 0 Å². The number of halogens is 1. The quantitative estimate of drug-likeness (QED) is 0.773. The van der Waals surface area contributed by atoms with E-state index in [1.165, 1.54) is 13.2 Å². The summed E-state index contributed by atoms with van der Waals surface area (Å²) in [6, 6.07) is 4.64. The minimum absolute atomic E-state index is 0.160. The van der Waals surface area contributed by atoms with Gasteiger partial charge in [-0.05, 0) is 17.7 Å². The van der Waals surface area contributed by atoms with Crippen LogP contribution in [0.25, 0.3) is 0 Å². The number of rotatable bonds is 2. The van der Waals surface area contributed by atoms with Crippen molar-refractivity contribution in [3.63, 3.8) is 0 Å². The molecule has 0 saturated carbocycles. The van der Waals surface area contributed by atoms with E-state index in [4.69, 9.17) is 9.47 Å². The van der Waals surface area contributed by atoms with Gasteiger partial charge in [-0.2, -0.15) is 0 Å². The van der Waals surface area contributed by atoms with Gasteiger partial charge in [-0.25, -0.2) is 4.39 Å². The summed E-state index contributed by atoms with van der Waals surface area (Å²) in [5.41, 5.74) is 0.686. The Labute approximate surface area is 93.2 Å². The van der Waals surface area contributed by atoms with Crippen LogP contribution in [0.4, 0.5) is 4.39 Å². The van der Waals surface area contributed by atoms with Crippen LogP contribution in [0.2, 0.25) is 0 Å². The zero-order valence-corrected chi connectivity index (χ0v) is 9.03. The van der Waals surface area contributed by atoms with Gasteiger partial charge in [0.15, 0.2) is 11.6 Å². The number of ketones is 1. The first-order valence-corrected chi connectivity index (χ1v) is 5.17. The molecule has 1 unspecified atom stereocenters. The minimum atomic E-state index is -0.429. The molecule has 1 aromatic carbocycles. The molecular weight excluding hydrogens is 211 g/mol. The molecule has 0 aliphatic carbocycles. The topological polar surface area (TPSA) is 35.5 Å². The van der Waals surface area contributed by atoms with Crippen molar-refractivity contribution in [1.82, 2.24) is 0 Å². The zero-order chi connectivity index (χ0) is 11.5. The van der Waals surface area contributed by atoms with Crippen LogP contribution in [0, 0.1) is 5.82 Å². The molecule has 1 saturated heterocycles. The summed E-state index contributed by atoms with van der Waals surface area (Å²) in [5, 5.41) is 0. The maximum atomic E-state index is 13.4. The van der Waals surface area contributed by atoms with Crippen LogP contribution in [-0.4, -0.2) is 19.5 Å². The summed E-state index contributed by atoms with van der Waals surface area (Å²) in [5.74, 6) is -0.0695. The average Bonchev–Trinajstić information content (AvgIpc) is 2.29. The van der Waals surface area contributed by atoms with Gasteiger partial charge >= 0.3 is 0 Å². The lowest BCUT2D eigenvalue weighted by atomic mass is 10.0. The predicted molar refractivity (Wildman–Crippen MR) is 55.9 cm³/mol. The van der Waals surface area contributed by atoms with Crippen LogP contribution in [0.1, 0.15) is 24.5 Å². The molecule has 0 aromatic heterocycles. The van der Waals surface area contributed by atoms with Crippen molar-refractivity contribution >= 4 is 5.78 Å². The van der Waals surface area contributed by atoms with Crippen LogP contribution >= 0.6 is 0 Å². The smallest absolute Gasteiger partial charge is 0.165 e. The second-order valence-corrected chi connectivity index (χ2v) is 3.75. The van der Waals surface area contributed by atoms with Crippen LogP contribution in [0.15, 0.2) is 18.2 Å².